The van der Waals surface area contributed by atoms with Gasteiger partial charge in [0.05, 0.1) is 13.0 Å². The molecule has 0 amide bonds. The fourth-order valence-corrected chi connectivity index (χ4v) is 5.78. The van der Waals surface area contributed by atoms with Crippen LogP contribution in [0.5, 0.6) is 0 Å². The lowest BCUT2D eigenvalue weighted by molar-refractivity contribution is -0.143. The molecule has 0 aliphatic heterocycles. The molecule has 0 heterocycles. The van der Waals surface area contributed by atoms with Gasteiger partial charge in [0, 0.05) is 5.75 Å². The van der Waals surface area contributed by atoms with Crippen molar-refractivity contribution in [2.45, 2.75) is 187 Å². The molecule has 0 aromatic rings. The number of esters is 1. The number of rotatable bonds is 31. The maximum absolute atomic E-state index is 11.9. The van der Waals surface area contributed by atoms with Crippen LogP contribution < -0.4 is 0 Å². The van der Waals surface area contributed by atoms with Gasteiger partial charge in [-0.25, -0.2) is 0 Å². The summed E-state index contributed by atoms with van der Waals surface area (Å²) in [7, 11) is 0. The molecule has 0 aromatic heterocycles. The van der Waals surface area contributed by atoms with Crippen molar-refractivity contribution in [3.8, 4) is 0 Å². The zero-order valence-electron chi connectivity index (χ0n) is 24.9. The molecule has 216 valence electrons. The Labute approximate surface area is 232 Å². The molecule has 0 rings (SSSR count). The number of thioether (sulfide) groups is 1. The second-order valence-electron chi connectivity index (χ2n) is 11.1. The molecule has 0 spiro atoms. The quantitative estimate of drug-likeness (QED) is 0.0663. The summed E-state index contributed by atoms with van der Waals surface area (Å²) in [6.07, 6.45) is 36.5. The molecule has 36 heavy (non-hydrogen) atoms. The lowest BCUT2D eigenvalue weighted by Gasteiger charge is -2.06. The molecule has 0 fully saturated rings. The van der Waals surface area contributed by atoms with Gasteiger partial charge in [0.2, 0.25) is 0 Å². The monoisotopic (exact) mass is 526 g/mol. The number of carbonyl (C=O) groups is 1. The Kier molecular flexibility index (Phi) is 32.7. The summed E-state index contributed by atoms with van der Waals surface area (Å²) in [5, 5.41) is 0. The van der Waals surface area contributed by atoms with Gasteiger partial charge in [0.1, 0.15) is 0 Å². The van der Waals surface area contributed by atoms with E-state index in [1.54, 1.807) is 0 Å². The van der Waals surface area contributed by atoms with E-state index in [2.05, 4.69) is 13.8 Å². The van der Waals surface area contributed by atoms with Crippen molar-refractivity contribution in [3.05, 3.63) is 0 Å². The number of hydrogen-bond acceptors (Lipinski definition) is 3. The molecule has 0 unspecified atom stereocenters. The first-order valence-corrected chi connectivity index (χ1v) is 17.7. The van der Waals surface area contributed by atoms with E-state index in [1.807, 2.05) is 11.8 Å². The molecule has 0 atom stereocenters. The minimum absolute atomic E-state index is 0.00605. The highest BCUT2D eigenvalue weighted by Gasteiger charge is 2.03. The van der Waals surface area contributed by atoms with Crippen molar-refractivity contribution >= 4 is 17.7 Å². The molecule has 2 nitrogen and oxygen atoms in total. The summed E-state index contributed by atoms with van der Waals surface area (Å²) in [5.41, 5.74) is 0. The van der Waals surface area contributed by atoms with Crippen LogP contribution in [-0.2, 0) is 9.53 Å². The smallest absolute Gasteiger partial charge is 0.306 e. The first-order valence-electron chi connectivity index (χ1n) is 16.5. The summed E-state index contributed by atoms with van der Waals surface area (Å²) in [6, 6.07) is 0. The van der Waals surface area contributed by atoms with E-state index in [1.165, 1.54) is 166 Å². The number of hydrogen-bond donors (Lipinski definition) is 0. The van der Waals surface area contributed by atoms with E-state index >= 15 is 0 Å². The van der Waals surface area contributed by atoms with Gasteiger partial charge >= 0.3 is 5.97 Å². The highest BCUT2D eigenvalue weighted by molar-refractivity contribution is 7.99. The van der Waals surface area contributed by atoms with Crippen molar-refractivity contribution in [2.24, 2.45) is 0 Å². The average molecular weight is 527 g/mol. The van der Waals surface area contributed by atoms with Crippen LogP contribution in [0.15, 0.2) is 0 Å². The van der Waals surface area contributed by atoms with Crippen LogP contribution in [0.25, 0.3) is 0 Å². The minimum Gasteiger partial charge on any atom is -0.466 e. The standard InChI is InChI=1S/C33H66O2S/c1-3-5-7-9-11-13-15-17-18-20-22-24-26-28-31-36-32-29-33(34)35-30-27-25-23-21-19-16-14-12-10-8-6-4-2/h3-32H2,1-2H3. The molecule has 0 saturated heterocycles. The maximum atomic E-state index is 11.9. The van der Waals surface area contributed by atoms with Crippen molar-refractivity contribution in [3.63, 3.8) is 0 Å². The third-order valence-corrected chi connectivity index (χ3v) is 8.42. The lowest BCUT2D eigenvalue weighted by Crippen LogP contribution is -2.07. The van der Waals surface area contributed by atoms with E-state index in [9.17, 15) is 4.79 Å². The van der Waals surface area contributed by atoms with Gasteiger partial charge in [0.15, 0.2) is 0 Å². The normalized spacial score (nSPS) is 11.3. The molecule has 0 aliphatic carbocycles. The fourth-order valence-electron chi connectivity index (χ4n) is 4.86. The van der Waals surface area contributed by atoms with Crippen LogP contribution in [0.2, 0.25) is 0 Å². The van der Waals surface area contributed by atoms with Crippen molar-refractivity contribution < 1.29 is 9.53 Å². The molecule has 0 aliphatic rings. The first-order chi connectivity index (χ1) is 17.8. The Morgan fingerprint density at radius 1 is 0.444 bits per heavy atom. The van der Waals surface area contributed by atoms with Gasteiger partial charge in [0.25, 0.3) is 0 Å². The molecule has 0 radical (unpaired) electrons. The summed E-state index contributed by atoms with van der Waals surface area (Å²) < 4.78 is 5.41. The zero-order valence-corrected chi connectivity index (χ0v) is 25.8. The van der Waals surface area contributed by atoms with Gasteiger partial charge < -0.3 is 4.74 Å². The Morgan fingerprint density at radius 2 is 0.778 bits per heavy atom. The molecule has 0 N–H and O–H groups in total. The highest BCUT2D eigenvalue weighted by atomic mass is 32.2. The van der Waals surface area contributed by atoms with E-state index in [4.69, 9.17) is 4.74 Å². The summed E-state index contributed by atoms with van der Waals surface area (Å²) in [6.45, 7) is 5.20. The van der Waals surface area contributed by atoms with E-state index in [0.29, 0.717) is 13.0 Å². The fraction of sp³-hybridized carbons (Fsp3) is 0.970. The summed E-state index contributed by atoms with van der Waals surface area (Å²) in [5.74, 6) is 2.13. The van der Waals surface area contributed by atoms with Gasteiger partial charge in [-0.05, 0) is 18.6 Å². The third kappa shape index (κ3) is 31.8. The lowest BCUT2D eigenvalue weighted by atomic mass is 10.0. The van der Waals surface area contributed by atoms with E-state index in [-0.39, 0.29) is 5.97 Å². The van der Waals surface area contributed by atoms with Crippen LogP contribution >= 0.6 is 11.8 Å². The Balaban J connectivity index is 3.13. The first kappa shape index (κ1) is 35.8. The number of ether oxygens (including phenoxy) is 1. The second-order valence-corrected chi connectivity index (χ2v) is 12.3. The van der Waals surface area contributed by atoms with Gasteiger partial charge in [-0.15, -0.1) is 0 Å². The van der Waals surface area contributed by atoms with Gasteiger partial charge in [-0.3, -0.25) is 4.79 Å². The largest absolute Gasteiger partial charge is 0.466 e. The molecule has 0 aromatic carbocycles. The number of carbonyl (C=O) groups excluding carboxylic acids is 1. The minimum atomic E-state index is 0.00605. The van der Waals surface area contributed by atoms with Crippen molar-refractivity contribution in [1.29, 1.82) is 0 Å². The third-order valence-electron chi connectivity index (χ3n) is 7.35. The SMILES string of the molecule is CCCCCCCCCCCCCCCCSCCC(=O)OCCCCCCCCCCCCCC. The molecule has 0 bridgehead atoms. The highest BCUT2D eigenvalue weighted by Crippen LogP contribution is 2.15. The maximum Gasteiger partial charge on any atom is 0.306 e. The molecule has 3 heteroatoms. The Morgan fingerprint density at radius 3 is 1.17 bits per heavy atom. The van der Waals surface area contributed by atoms with Crippen LogP contribution in [0.3, 0.4) is 0 Å². The Hall–Kier alpha value is -0.180. The zero-order chi connectivity index (χ0) is 26.2. The molecular weight excluding hydrogens is 460 g/mol. The van der Waals surface area contributed by atoms with Crippen molar-refractivity contribution in [2.75, 3.05) is 18.1 Å². The predicted molar refractivity (Wildman–Crippen MR) is 164 cm³/mol. The molecular formula is C33H66O2S. The van der Waals surface area contributed by atoms with Crippen LogP contribution in [0, 0.1) is 0 Å². The van der Waals surface area contributed by atoms with Gasteiger partial charge in [-0.2, -0.15) is 11.8 Å². The van der Waals surface area contributed by atoms with Crippen LogP contribution in [0.4, 0.5) is 0 Å². The van der Waals surface area contributed by atoms with Gasteiger partial charge in [-0.1, -0.05) is 168 Å². The molecule has 0 saturated carbocycles. The topological polar surface area (TPSA) is 26.3 Å². The summed E-state index contributed by atoms with van der Waals surface area (Å²) in [4.78, 5) is 11.9. The summed E-state index contributed by atoms with van der Waals surface area (Å²) >= 11 is 1.93. The average Bonchev–Trinajstić information content (AvgIpc) is 2.88. The van der Waals surface area contributed by atoms with E-state index < -0.39 is 0 Å². The van der Waals surface area contributed by atoms with Crippen LogP contribution in [0.1, 0.15) is 187 Å². The number of unbranched alkanes of at least 4 members (excludes halogenated alkanes) is 24. The van der Waals surface area contributed by atoms with Crippen molar-refractivity contribution in [1.82, 2.24) is 0 Å². The Bertz CT molecular complexity index is 412. The predicted octanol–water partition coefficient (Wildman–Crippen LogP) is 11.8. The van der Waals surface area contributed by atoms with E-state index in [0.717, 1.165) is 12.2 Å². The van der Waals surface area contributed by atoms with Crippen LogP contribution in [-0.4, -0.2) is 24.1 Å². The second kappa shape index (κ2) is 32.8.